The molecule has 0 aliphatic rings. The standard InChI is InChI=1S/7C6H12O7.7Na/c7*7-1-2(8)3(9)4(10)5(11)6(12)13;;;;;;;/h7*2-5,7-11H,1H2,(H,12,13);;;;;;;/q;;;;;;;7*+1/p-7. The van der Waals surface area contributed by atoms with E-state index in [0.717, 1.165) is 0 Å². The zero-order valence-electron chi connectivity index (χ0n) is 53.0. The van der Waals surface area contributed by atoms with Crippen molar-refractivity contribution in [1.29, 1.82) is 0 Å². The molecule has 28 unspecified atom stereocenters. The van der Waals surface area contributed by atoms with E-state index >= 15 is 0 Å². The molecule has 546 valence electrons. The van der Waals surface area contributed by atoms with Gasteiger partial charge < -0.3 is 248 Å². The van der Waals surface area contributed by atoms with Crippen molar-refractivity contribution in [3.05, 3.63) is 0 Å². The maximum absolute atomic E-state index is 9.98. The number of rotatable bonds is 35. The summed E-state index contributed by atoms with van der Waals surface area (Å²) in [7, 11) is 0. The number of aliphatic hydroxyl groups excluding tert-OH is 35. The number of carboxylic acid groups (broad SMARTS) is 7. The van der Waals surface area contributed by atoms with E-state index < -0.39 is 259 Å². The molecule has 56 heteroatoms. The molecule has 0 aliphatic heterocycles. The van der Waals surface area contributed by atoms with Crippen molar-refractivity contribution in [2.24, 2.45) is 0 Å². The molecule has 0 amide bonds. The van der Waals surface area contributed by atoms with Crippen LogP contribution in [0.2, 0.25) is 0 Å². The molecule has 0 fully saturated rings. The normalized spacial score (nSPS) is 18.9. The molecule has 28 atom stereocenters. The summed E-state index contributed by atoms with van der Waals surface area (Å²) in [5, 5.41) is 374. The first-order chi connectivity index (χ1) is 41.4. The SMILES string of the molecule is O=C([O-])C(O)C(O)C(O)C(O)CO.O=C([O-])C(O)C(O)C(O)C(O)CO.O=C([O-])C(O)C(O)C(O)C(O)CO.O=C([O-])C(O)C(O)C(O)C(O)CO.O=C([O-])C(O)C(O)C(O)C(O)CO.O=C([O-])C(O)C(O)C(O)C(O)CO.O=C([O-])C(O)C(O)C(O)C(O)CO.[Na+].[Na+].[Na+].[Na+].[Na+].[Na+].[Na+]. The number of carboxylic acids is 7. The predicted molar refractivity (Wildman–Crippen MR) is 253 cm³/mol. The van der Waals surface area contributed by atoms with E-state index in [9.17, 15) is 69.3 Å². The van der Waals surface area contributed by atoms with Gasteiger partial charge in [0.2, 0.25) is 0 Å². The molecule has 0 saturated heterocycles. The summed E-state index contributed by atoms with van der Waals surface area (Å²) < 4.78 is 0. The van der Waals surface area contributed by atoms with Crippen molar-refractivity contribution in [2.45, 2.75) is 171 Å². The molecule has 0 radical (unpaired) electrons. The Morgan fingerprint density at radius 1 is 0.163 bits per heavy atom. The third-order valence-corrected chi connectivity index (χ3v) is 10.5. The molecule has 0 aromatic carbocycles. The van der Waals surface area contributed by atoms with Gasteiger partial charge in [0, 0.05) is 0 Å². The van der Waals surface area contributed by atoms with Gasteiger partial charge in [-0.05, 0) is 0 Å². The van der Waals surface area contributed by atoms with Gasteiger partial charge in [-0.15, -0.1) is 0 Å². The van der Waals surface area contributed by atoms with Crippen LogP contribution in [0, 0.1) is 0 Å². The van der Waals surface area contributed by atoms with E-state index in [-0.39, 0.29) is 207 Å². The Bertz CT molecular complexity index is 1600. The first-order valence-corrected chi connectivity index (χ1v) is 24.2. The monoisotopic (exact) mass is 1530 g/mol. The van der Waals surface area contributed by atoms with Crippen molar-refractivity contribution in [3.63, 3.8) is 0 Å². The molecule has 0 bridgehead atoms. The summed E-state index contributed by atoms with van der Waals surface area (Å²) in [5.41, 5.74) is 0. The van der Waals surface area contributed by atoms with E-state index in [2.05, 4.69) is 0 Å². The number of aliphatic carboxylic acids is 7. The predicted octanol–water partition coefficient (Wildman–Crippen LogP) is -54.8. The summed E-state index contributed by atoms with van der Waals surface area (Å²) in [6.07, 6.45) is -56.5. The second kappa shape index (κ2) is 73.1. The zero-order chi connectivity index (χ0) is 74.2. The van der Waals surface area contributed by atoms with Gasteiger partial charge in [0.05, 0.1) is 88.0 Å². The molecule has 0 spiro atoms. The van der Waals surface area contributed by atoms with Gasteiger partial charge in [0.15, 0.2) is 0 Å². The van der Waals surface area contributed by atoms with Crippen LogP contribution < -0.4 is 243 Å². The van der Waals surface area contributed by atoms with E-state index in [1.54, 1.807) is 0 Å². The van der Waals surface area contributed by atoms with Crippen LogP contribution in [0.1, 0.15) is 0 Å². The quantitative estimate of drug-likeness (QED) is 0.0262. The smallest absolute Gasteiger partial charge is 0.547 e. The van der Waals surface area contributed by atoms with Crippen molar-refractivity contribution in [3.8, 4) is 0 Å². The Morgan fingerprint density at radius 2 is 0.224 bits per heavy atom. The van der Waals surface area contributed by atoms with Crippen LogP contribution in [0.25, 0.3) is 0 Å². The molecule has 49 nitrogen and oxygen atoms in total. The third kappa shape index (κ3) is 56.2. The molecule has 0 aromatic rings. The Hall–Kier alpha value is 1.89. The molecular formula is C42H77Na7O49. The Labute approximate surface area is 705 Å². The molecular weight excluding hydrogens is 1450 g/mol. The number of carbonyl (C=O) groups excluding carboxylic acids is 7. The number of hydrogen-bond acceptors (Lipinski definition) is 49. The van der Waals surface area contributed by atoms with E-state index in [1.165, 1.54) is 0 Å². The van der Waals surface area contributed by atoms with Gasteiger partial charge in [0.1, 0.15) is 171 Å². The minimum absolute atomic E-state index is 0. The van der Waals surface area contributed by atoms with Crippen molar-refractivity contribution in [1.82, 2.24) is 0 Å². The Morgan fingerprint density at radius 3 is 0.265 bits per heavy atom. The summed E-state index contributed by atoms with van der Waals surface area (Å²) in [6, 6.07) is 0. The molecule has 35 N–H and O–H groups in total. The molecule has 98 heavy (non-hydrogen) atoms. The Kier molecular flexibility index (Phi) is 98.7. The second-order valence-corrected chi connectivity index (χ2v) is 17.5. The van der Waals surface area contributed by atoms with E-state index in [4.69, 9.17) is 179 Å². The molecule has 0 rings (SSSR count). The maximum Gasteiger partial charge on any atom is 1.00 e. The average molecular weight is 1530 g/mol. The van der Waals surface area contributed by atoms with Crippen LogP contribution in [0.4, 0.5) is 0 Å². The fourth-order valence-electron chi connectivity index (χ4n) is 4.63. The fourth-order valence-corrected chi connectivity index (χ4v) is 4.63. The fraction of sp³-hybridized carbons (Fsp3) is 0.833. The van der Waals surface area contributed by atoms with Crippen LogP contribution >= 0.6 is 0 Å². The van der Waals surface area contributed by atoms with Gasteiger partial charge in [0.25, 0.3) is 0 Å². The van der Waals surface area contributed by atoms with Gasteiger partial charge in [-0.2, -0.15) is 0 Å². The van der Waals surface area contributed by atoms with E-state index in [1.807, 2.05) is 0 Å². The van der Waals surface area contributed by atoms with Crippen LogP contribution in [-0.2, 0) is 33.6 Å². The summed E-state index contributed by atoms with van der Waals surface area (Å²) >= 11 is 0. The maximum atomic E-state index is 9.98. The van der Waals surface area contributed by atoms with Crippen LogP contribution in [0.3, 0.4) is 0 Å². The number of hydrogen-bond donors (Lipinski definition) is 35. The molecule has 0 saturated carbocycles. The van der Waals surface area contributed by atoms with Crippen molar-refractivity contribution in [2.75, 3.05) is 46.2 Å². The summed E-state index contributed by atoms with van der Waals surface area (Å²) in [5.74, 6) is -13.8. The number of aliphatic hydroxyl groups is 35. The summed E-state index contributed by atoms with van der Waals surface area (Å²) in [6.45, 7) is -6.04. The first kappa shape index (κ1) is 132. The van der Waals surface area contributed by atoms with Gasteiger partial charge in [-0.1, -0.05) is 0 Å². The number of carbonyl (C=O) groups is 7. The largest absolute Gasteiger partial charge is 1.00 e. The minimum atomic E-state index is -2.31. The average Bonchev–Trinajstić information content (AvgIpc) is 3.53. The molecule has 0 aliphatic carbocycles. The minimum Gasteiger partial charge on any atom is -0.547 e. The molecule has 0 aromatic heterocycles. The van der Waals surface area contributed by atoms with Crippen LogP contribution in [-0.4, -0.2) is 438 Å². The van der Waals surface area contributed by atoms with Gasteiger partial charge >= 0.3 is 207 Å². The van der Waals surface area contributed by atoms with Gasteiger partial charge in [-0.25, -0.2) is 0 Å². The second-order valence-electron chi connectivity index (χ2n) is 17.5. The Balaban J connectivity index is -0.0000000692. The molecule has 0 heterocycles. The van der Waals surface area contributed by atoms with Crippen LogP contribution in [0.15, 0.2) is 0 Å². The summed E-state index contributed by atoms with van der Waals surface area (Å²) in [4.78, 5) is 69.9. The zero-order valence-corrected chi connectivity index (χ0v) is 67.0. The van der Waals surface area contributed by atoms with Crippen molar-refractivity contribution < 1.29 is 455 Å². The van der Waals surface area contributed by atoms with Crippen LogP contribution in [0.5, 0.6) is 0 Å². The third-order valence-electron chi connectivity index (χ3n) is 10.5. The topological polar surface area (TPSA) is 989 Å². The van der Waals surface area contributed by atoms with E-state index in [0.29, 0.717) is 0 Å². The van der Waals surface area contributed by atoms with Gasteiger partial charge in [-0.3, -0.25) is 0 Å². The first-order valence-electron chi connectivity index (χ1n) is 24.2. The van der Waals surface area contributed by atoms with Crippen molar-refractivity contribution >= 4 is 41.8 Å².